The fourth-order valence-electron chi connectivity index (χ4n) is 1.48. The molecule has 4 nitrogen and oxygen atoms in total. The second-order valence-corrected chi connectivity index (χ2v) is 4.63. The van der Waals surface area contributed by atoms with Crippen molar-refractivity contribution in [3.05, 3.63) is 28.2 Å². The highest BCUT2D eigenvalue weighted by Gasteiger charge is 2.11. The Bertz CT molecular complexity index is 455. The highest BCUT2D eigenvalue weighted by molar-refractivity contribution is 9.10. The number of hydrogen-bond acceptors (Lipinski definition) is 3. The Kier molecular flexibility index (Phi) is 6.23. The summed E-state index contributed by atoms with van der Waals surface area (Å²) in [6.45, 7) is 0.569. The number of rotatable bonds is 6. The Labute approximate surface area is 115 Å². The first-order chi connectivity index (χ1) is 8.69. The predicted octanol–water partition coefficient (Wildman–Crippen LogP) is 2.88. The molecule has 0 aliphatic heterocycles. The molecule has 0 aromatic heterocycles. The molecule has 1 N–H and O–H groups in total. The summed E-state index contributed by atoms with van der Waals surface area (Å²) in [4.78, 5) is 11.9. The second-order valence-electron chi connectivity index (χ2n) is 3.72. The van der Waals surface area contributed by atoms with Gasteiger partial charge < -0.3 is 10.1 Å². The summed E-state index contributed by atoms with van der Waals surface area (Å²) in [6, 6.07) is 7.34. The lowest BCUT2D eigenvalue weighted by Gasteiger charge is -2.09. The van der Waals surface area contributed by atoms with Gasteiger partial charge in [0.1, 0.15) is 5.75 Å². The fraction of sp³-hybridized carbons (Fsp3) is 0.385. The van der Waals surface area contributed by atoms with Gasteiger partial charge in [-0.1, -0.05) is 15.9 Å². The van der Waals surface area contributed by atoms with Gasteiger partial charge in [-0.2, -0.15) is 5.26 Å². The van der Waals surface area contributed by atoms with Crippen molar-refractivity contribution < 1.29 is 9.53 Å². The maximum absolute atomic E-state index is 11.9. The van der Waals surface area contributed by atoms with E-state index in [1.165, 1.54) is 7.11 Å². The summed E-state index contributed by atoms with van der Waals surface area (Å²) in [5.74, 6) is 0.384. The molecule has 1 aromatic carbocycles. The Balaban J connectivity index is 2.54. The van der Waals surface area contributed by atoms with Gasteiger partial charge in [-0.25, -0.2) is 0 Å². The number of amides is 1. The van der Waals surface area contributed by atoms with Gasteiger partial charge in [-0.15, -0.1) is 0 Å². The highest BCUT2D eigenvalue weighted by atomic mass is 79.9. The second kappa shape index (κ2) is 7.72. The van der Waals surface area contributed by atoms with E-state index in [4.69, 9.17) is 10.00 Å². The number of halogens is 1. The molecule has 0 heterocycles. The lowest BCUT2D eigenvalue weighted by Crippen LogP contribution is -2.24. The zero-order valence-corrected chi connectivity index (χ0v) is 11.8. The largest absolute Gasteiger partial charge is 0.496 e. The molecule has 0 radical (unpaired) electrons. The van der Waals surface area contributed by atoms with E-state index in [1.807, 2.05) is 0 Å². The molecule has 1 rings (SSSR count). The zero-order valence-electron chi connectivity index (χ0n) is 10.2. The Hall–Kier alpha value is -1.54. The van der Waals surface area contributed by atoms with Crippen LogP contribution in [0.25, 0.3) is 0 Å². The van der Waals surface area contributed by atoms with Crippen LogP contribution in [-0.4, -0.2) is 19.6 Å². The van der Waals surface area contributed by atoms with E-state index < -0.39 is 0 Å². The monoisotopic (exact) mass is 310 g/mol. The van der Waals surface area contributed by atoms with E-state index in [0.717, 1.165) is 17.3 Å². The van der Waals surface area contributed by atoms with E-state index in [9.17, 15) is 4.79 Å². The molecule has 96 valence electrons. The van der Waals surface area contributed by atoms with Gasteiger partial charge in [0.25, 0.3) is 5.91 Å². The molecule has 1 amide bonds. The lowest BCUT2D eigenvalue weighted by atomic mass is 10.2. The van der Waals surface area contributed by atoms with Crippen molar-refractivity contribution >= 4 is 21.8 Å². The first kappa shape index (κ1) is 14.5. The normalized spacial score (nSPS) is 9.61. The molecule has 18 heavy (non-hydrogen) atoms. The highest BCUT2D eigenvalue weighted by Crippen LogP contribution is 2.23. The van der Waals surface area contributed by atoms with Crippen LogP contribution in [0.15, 0.2) is 22.7 Å². The third-order valence-corrected chi connectivity index (χ3v) is 2.90. The number of hydrogen-bond donors (Lipinski definition) is 1. The number of nitrogens with zero attached hydrogens (tertiary/aromatic N) is 1. The maximum atomic E-state index is 11.9. The molecule has 0 aliphatic rings. The molecule has 0 atom stereocenters. The minimum atomic E-state index is -0.156. The third kappa shape index (κ3) is 4.38. The van der Waals surface area contributed by atoms with Crippen molar-refractivity contribution in [3.63, 3.8) is 0 Å². The number of nitriles is 1. The summed E-state index contributed by atoms with van der Waals surface area (Å²) in [5, 5.41) is 11.2. The van der Waals surface area contributed by atoms with E-state index in [0.29, 0.717) is 24.3 Å². The maximum Gasteiger partial charge on any atom is 0.255 e. The lowest BCUT2D eigenvalue weighted by molar-refractivity contribution is 0.0950. The zero-order chi connectivity index (χ0) is 13.4. The smallest absolute Gasteiger partial charge is 0.255 e. The average Bonchev–Trinajstić information content (AvgIpc) is 2.38. The molecular formula is C13H15BrN2O2. The van der Waals surface area contributed by atoms with Gasteiger partial charge in [0.2, 0.25) is 0 Å². The summed E-state index contributed by atoms with van der Waals surface area (Å²) in [6.07, 6.45) is 2.13. The standard InChI is InChI=1S/C13H15BrN2O2/c1-18-12-9-10(14)5-6-11(12)13(17)16-8-4-2-3-7-15/h5-6,9H,2-4,8H2,1H3,(H,16,17). The van der Waals surface area contributed by atoms with Crippen LogP contribution in [0.3, 0.4) is 0 Å². The van der Waals surface area contributed by atoms with E-state index >= 15 is 0 Å². The van der Waals surface area contributed by atoms with Gasteiger partial charge in [0, 0.05) is 17.4 Å². The van der Waals surface area contributed by atoms with Crippen LogP contribution in [0.4, 0.5) is 0 Å². The number of carbonyl (C=O) groups is 1. The minimum absolute atomic E-state index is 0.156. The van der Waals surface area contributed by atoms with Crippen LogP contribution >= 0.6 is 15.9 Å². The van der Waals surface area contributed by atoms with Gasteiger partial charge in [-0.05, 0) is 31.0 Å². The van der Waals surface area contributed by atoms with Crippen LogP contribution in [0.1, 0.15) is 29.6 Å². The van der Waals surface area contributed by atoms with Crippen LogP contribution in [0.5, 0.6) is 5.75 Å². The first-order valence-corrected chi connectivity index (χ1v) is 6.47. The number of nitrogens with one attached hydrogen (secondary N) is 1. The predicted molar refractivity (Wildman–Crippen MR) is 72.5 cm³/mol. The topological polar surface area (TPSA) is 62.1 Å². The Morgan fingerprint density at radius 3 is 2.94 bits per heavy atom. The summed E-state index contributed by atoms with van der Waals surface area (Å²) >= 11 is 3.33. The van der Waals surface area contributed by atoms with Crippen LogP contribution < -0.4 is 10.1 Å². The van der Waals surface area contributed by atoms with Crippen molar-refractivity contribution in [1.29, 1.82) is 5.26 Å². The van der Waals surface area contributed by atoms with E-state index in [1.54, 1.807) is 18.2 Å². The van der Waals surface area contributed by atoms with Crippen molar-refractivity contribution in [2.45, 2.75) is 19.3 Å². The minimum Gasteiger partial charge on any atom is -0.496 e. The van der Waals surface area contributed by atoms with Crippen LogP contribution in [0.2, 0.25) is 0 Å². The number of ether oxygens (including phenoxy) is 1. The van der Waals surface area contributed by atoms with Crippen LogP contribution in [0, 0.1) is 11.3 Å². The quantitative estimate of drug-likeness (QED) is 0.822. The van der Waals surface area contributed by atoms with Gasteiger partial charge in [0.15, 0.2) is 0 Å². The molecule has 0 spiro atoms. The molecule has 0 unspecified atom stereocenters. The van der Waals surface area contributed by atoms with Crippen molar-refractivity contribution in [3.8, 4) is 11.8 Å². The average molecular weight is 311 g/mol. The summed E-state index contributed by atoms with van der Waals surface area (Å²) < 4.78 is 6.02. The van der Waals surface area contributed by atoms with E-state index in [-0.39, 0.29) is 5.91 Å². The molecular weight excluding hydrogens is 296 g/mol. The number of carbonyl (C=O) groups excluding carboxylic acids is 1. The number of benzene rings is 1. The number of methoxy groups -OCH3 is 1. The first-order valence-electron chi connectivity index (χ1n) is 5.67. The summed E-state index contributed by atoms with van der Waals surface area (Å²) in [7, 11) is 1.53. The Morgan fingerprint density at radius 2 is 2.28 bits per heavy atom. The van der Waals surface area contributed by atoms with Crippen LogP contribution in [-0.2, 0) is 0 Å². The van der Waals surface area contributed by atoms with Crippen molar-refractivity contribution in [2.24, 2.45) is 0 Å². The molecule has 0 fully saturated rings. The van der Waals surface area contributed by atoms with Gasteiger partial charge >= 0.3 is 0 Å². The fourth-order valence-corrected chi connectivity index (χ4v) is 1.82. The molecule has 5 heteroatoms. The molecule has 0 saturated carbocycles. The molecule has 0 bridgehead atoms. The third-order valence-electron chi connectivity index (χ3n) is 2.41. The van der Waals surface area contributed by atoms with Crippen molar-refractivity contribution in [2.75, 3.05) is 13.7 Å². The summed E-state index contributed by atoms with van der Waals surface area (Å²) in [5.41, 5.74) is 0.515. The molecule has 1 aromatic rings. The molecule has 0 aliphatic carbocycles. The van der Waals surface area contributed by atoms with E-state index in [2.05, 4.69) is 27.3 Å². The SMILES string of the molecule is COc1cc(Br)ccc1C(=O)NCCCCC#N. The van der Waals surface area contributed by atoms with Crippen molar-refractivity contribution in [1.82, 2.24) is 5.32 Å². The number of unbranched alkanes of at least 4 members (excludes halogenated alkanes) is 2. The van der Waals surface area contributed by atoms with Gasteiger partial charge in [-0.3, -0.25) is 4.79 Å². The van der Waals surface area contributed by atoms with Gasteiger partial charge in [0.05, 0.1) is 18.7 Å². The molecule has 0 saturated heterocycles. The Morgan fingerprint density at radius 1 is 1.50 bits per heavy atom.